The van der Waals surface area contributed by atoms with E-state index in [1.807, 2.05) is 11.9 Å². The molecule has 2 rings (SSSR count). The number of likely N-dealkylation sites (N-methyl/N-ethyl adjacent to an activating group) is 1. The van der Waals surface area contributed by atoms with Gasteiger partial charge in [-0.3, -0.25) is 10.1 Å². The van der Waals surface area contributed by atoms with Crippen LogP contribution in [0.25, 0.3) is 0 Å². The number of rotatable bonds is 3. The summed E-state index contributed by atoms with van der Waals surface area (Å²) >= 11 is 0. The molecule has 0 aliphatic carbocycles. The molecule has 6 nitrogen and oxygen atoms in total. The molecule has 1 atom stereocenters. The zero-order chi connectivity index (χ0) is 11.5. The molecule has 0 saturated carbocycles. The summed E-state index contributed by atoms with van der Waals surface area (Å²) in [4.78, 5) is 16.1. The molecular weight excluding hydrogens is 210 g/mol. The summed E-state index contributed by atoms with van der Waals surface area (Å²) in [5.41, 5.74) is 0.0137. The van der Waals surface area contributed by atoms with Crippen molar-refractivity contribution in [3.8, 4) is 0 Å². The van der Waals surface area contributed by atoms with Gasteiger partial charge in [0.25, 0.3) is 5.69 Å². The molecule has 86 valence electrons. The van der Waals surface area contributed by atoms with Crippen LogP contribution >= 0.6 is 0 Å². The topological polar surface area (TPSA) is 68.5 Å². The highest BCUT2D eigenvalue weighted by Gasteiger charge is 2.21. The predicted octanol–water partition coefficient (Wildman–Crippen LogP) is 1.21. The lowest BCUT2D eigenvalue weighted by molar-refractivity contribution is -0.385. The van der Waals surface area contributed by atoms with Crippen LogP contribution in [-0.4, -0.2) is 36.2 Å². The molecule has 16 heavy (non-hydrogen) atoms. The molecule has 0 amide bonds. The van der Waals surface area contributed by atoms with Gasteiger partial charge in [-0.2, -0.15) is 0 Å². The predicted molar refractivity (Wildman–Crippen MR) is 58.5 cm³/mol. The van der Waals surface area contributed by atoms with E-state index in [0.717, 1.165) is 18.8 Å². The van der Waals surface area contributed by atoms with Crippen LogP contribution in [0.15, 0.2) is 18.3 Å². The Kier molecular flexibility index (Phi) is 3.00. The number of nitro groups is 1. The number of pyridine rings is 1. The summed E-state index contributed by atoms with van der Waals surface area (Å²) in [7, 11) is 1.92. The summed E-state index contributed by atoms with van der Waals surface area (Å²) in [6.45, 7) is 1.46. The highest BCUT2D eigenvalue weighted by molar-refractivity contribution is 5.43. The molecule has 0 spiro atoms. The van der Waals surface area contributed by atoms with E-state index in [0.29, 0.717) is 12.6 Å². The Morgan fingerprint density at radius 1 is 1.62 bits per heavy atom. The minimum Gasteiger partial charge on any atom is -0.379 e. The number of aromatic nitrogens is 1. The quantitative estimate of drug-likeness (QED) is 0.569. The maximum absolute atomic E-state index is 10.5. The first-order valence-corrected chi connectivity index (χ1v) is 5.09. The molecule has 0 bridgehead atoms. The van der Waals surface area contributed by atoms with Gasteiger partial charge in [0, 0.05) is 19.7 Å². The third kappa shape index (κ3) is 2.11. The van der Waals surface area contributed by atoms with Crippen LogP contribution in [0.4, 0.5) is 11.5 Å². The molecule has 0 radical (unpaired) electrons. The SMILES string of the molecule is CN(c1ccc([N+](=O)[O-])cn1)C1CCOC1. The van der Waals surface area contributed by atoms with Crippen LogP contribution in [0.1, 0.15) is 6.42 Å². The lowest BCUT2D eigenvalue weighted by Crippen LogP contribution is -2.32. The molecule has 1 unspecified atom stereocenters. The van der Waals surface area contributed by atoms with Gasteiger partial charge in [0.1, 0.15) is 12.0 Å². The minimum absolute atomic E-state index is 0.0137. The van der Waals surface area contributed by atoms with Gasteiger partial charge in [-0.05, 0) is 12.5 Å². The van der Waals surface area contributed by atoms with Crippen molar-refractivity contribution in [1.29, 1.82) is 0 Å². The molecule has 6 heteroatoms. The summed E-state index contributed by atoms with van der Waals surface area (Å²) in [6, 6.07) is 3.44. The highest BCUT2D eigenvalue weighted by atomic mass is 16.6. The van der Waals surface area contributed by atoms with Crippen LogP contribution < -0.4 is 4.90 Å². The van der Waals surface area contributed by atoms with E-state index in [9.17, 15) is 10.1 Å². The zero-order valence-corrected chi connectivity index (χ0v) is 9.00. The molecular formula is C10H13N3O3. The van der Waals surface area contributed by atoms with Crippen molar-refractivity contribution >= 4 is 11.5 Å². The standard InChI is InChI=1S/C10H13N3O3/c1-12(9-4-5-16-7-9)10-3-2-8(6-11-10)13(14)15/h2-3,6,9H,4-5,7H2,1H3. The van der Waals surface area contributed by atoms with Crippen LogP contribution in [0.3, 0.4) is 0 Å². The minimum atomic E-state index is -0.449. The molecule has 0 N–H and O–H groups in total. The normalized spacial score (nSPS) is 19.7. The Morgan fingerprint density at radius 2 is 2.44 bits per heavy atom. The second-order valence-electron chi connectivity index (χ2n) is 3.76. The summed E-state index contributed by atoms with van der Waals surface area (Å²) in [6.07, 6.45) is 2.25. The largest absolute Gasteiger partial charge is 0.379 e. The van der Waals surface area contributed by atoms with Gasteiger partial charge < -0.3 is 9.64 Å². The fraction of sp³-hybridized carbons (Fsp3) is 0.500. The van der Waals surface area contributed by atoms with Crippen molar-refractivity contribution in [2.75, 3.05) is 25.2 Å². The van der Waals surface area contributed by atoms with Gasteiger partial charge in [-0.15, -0.1) is 0 Å². The number of ether oxygens (including phenoxy) is 1. The number of hydrogen-bond acceptors (Lipinski definition) is 5. The fourth-order valence-electron chi connectivity index (χ4n) is 1.71. The molecule has 2 heterocycles. The highest BCUT2D eigenvalue weighted by Crippen LogP contribution is 2.19. The second-order valence-corrected chi connectivity index (χ2v) is 3.76. The van der Waals surface area contributed by atoms with E-state index in [2.05, 4.69) is 4.98 Å². The lowest BCUT2D eigenvalue weighted by atomic mass is 10.2. The number of hydrogen-bond donors (Lipinski definition) is 0. The molecule has 1 aromatic heterocycles. The van der Waals surface area contributed by atoms with Crippen LogP contribution in [0.5, 0.6) is 0 Å². The van der Waals surface area contributed by atoms with Gasteiger partial charge >= 0.3 is 0 Å². The van der Waals surface area contributed by atoms with Crippen LogP contribution in [-0.2, 0) is 4.74 Å². The van der Waals surface area contributed by atoms with E-state index in [1.165, 1.54) is 12.3 Å². The summed E-state index contributed by atoms with van der Waals surface area (Å²) in [5.74, 6) is 0.737. The van der Waals surface area contributed by atoms with Crippen LogP contribution in [0, 0.1) is 10.1 Å². The monoisotopic (exact) mass is 223 g/mol. The average molecular weight is 223 g/mol. The molecule has 1 fully saturated rings. The van der Waals surface area contributed by atoms with Crippen molar-refractivity contribution in [3.05, 3.63) is 28.4 Å². The van der Waals surface area contributed by atoms with Gasteiger partial charge in [-0.25, -0.2) is 4.98 Å². The van der Waals surface area contributed by atoms with Crippen molar-refractivity contribution in [2.24, 2.45) is 0 Å². The Bertz CT molecular complexity index is 373. The Hall–Kier alpha value is -1.69. The first-order valence-electron chi connectivity index (χ1n) is 5.09. The van der Waals surface area contributed by atoms with Gasteiger partial charge in [0.15, 0.2) is 0 Å². The summed E-state index contributed by atoms with van der Waals surface area (Å²) < 4.78 is 5.28. The van der Waals surface area contributed by atoms with E-state index in [-0.39, 0.29) is 5.69 Å². The van der Waals surface area contributed by atoms with Crippen molar-refractivity contribution in [1.82, 2.24) is 4.98 Å². The molecule has 0 aromatic carbocycles. The zero-order valence-electron chi connectivity index (χ0n) is 9.00. The fourth-order valence-corrected chi connectivity index (χ4v) is 1.71. The van der Waals surface area contributed by atoms with Crippen molar-refractivity contribution in [3.63, 3.8) is 0 Å². The third-order valence-corrected chi connectivity index (χ3v) is 2.76. The van der Waals surface area contributed by atoms with E-state index < -0.39 is 4.92 Å². The molecule has 1 aliphatic rings. The number of anilines is 1. The first-order chi connectivity index (χ1) is 7.68. The molecule has 1 aromatic rings. The Balaban J connectivity index is 2.11. The smallest absolute Gasteiger partial charge is 0.287 e. The Morgan fingerprint density at radius 3 is 2.94 bits per heavy atom. The summed E-state index contributed by atoms with van der Waals surface area (Å²) in [5, 5.41) is 10.5. The van der Waals surface area contributed by atoms with E-state index >= 15 is 0 Å². The average Bonchev–Trinajstić information content (AvgIpc) is 2.81. The van der Waals surface area contributed by atoms with Crippen LogP contribution in [0.2, 0.25) is 0 Å². The maximum Gasteiger partial charge on any atom is 0.287 e. The number of nitrogens with zero attached hydrogens (tertiary/aromatic N) is 3. The lowest BCUT2D eigenvalue weighted by Gasteiger charge is -2.23. The molecule has 1 saturated heterocycles. The second kappa shape index (κ2) is 4.44. The van der Waals surface area contributed by atoms with Gasteiger partial charge in [0.05, 0.1) is 17.6 Å². The van der Waals surface area contributed by atoms with Crippen molar-refractivity contribution in [2.45, 2.75) is 12.5 Å². The molecule has 1 aliphatic heterocycles. The Labute approximate surface area is 93.0 Å². The van der Waals surface area contributed by atoms with Gasteiger partial charge in [0.2, 0.25) is 0 Å². The third-order valence-electron chi connectivity index (χ3n) is 2.76. The van der Waals surface area contributed by atoms with E-state index in [4.69, 9.17) is 4.74 Å². The first kappa shape index (κ1) is 10.8. The van der Waals surface area contributed by atoms with E-state index in [1.54, 1.807) is 6.07 Å². The maximum atomic E-state index is 10.5. The van der Waals surface area contributed by atoms with Crippen molar-refractivity contribution < 1.29 is 9.66 Å². The van der Waals surface area contributed by atoms with Gasteiger partial charge in [-0.1, -0.05) is 0 Å².